The molecule has 0 unspecified atom stereocenters. The summed E-state index contributed by atoms with van der Waals surface area (Å²) in [6.07, 6.45) is 1.06. The van der Waals surface area contributed by atoms with Crippen molar-refractivity contribution < 1.29 is 22.7 Å². The molecule has 2 rings (SSSR count). The van der Waals surface area contributed by atoms with E-state index in [9.17, 15) is 13.2 Å². The Morgan fingerprint density at radius 1 is 1.04 bits per heavy atom. The quantitative estimate of drug-likeness (QED) is 0.778. The molecule has 0 aliphatic heterocycles. The third kappa shape index (κ3) is 4.80. The van der Waals surface area contributed by atoms with Crippen LogP contribution in [0.5, 0.6) is 11.5 Å². The summed E-state index contributed by atoms with van der Waals surface area (Å²) in [4.78, 5) is 12.5. The Balaban J connectivity index is 2.29. The van der Waals surface area contributed by atoms with Crippen LogP contribution in [-0.4, -0.2) is 34.8 Å². The summed E-state index contributed by atoms with van der Waals surface area (Å²) < 4.78 is 35.5. The van der Waals surface area contributed by atoms with Gasteiger partial charge < -0.3 is 14.8 Å². The SMILES string of the molecule is COc1cc(NC(=O)c2ccc(NS(C)(=O)=O)c(C)c2)c(OC)cc1Cl. The molecule has 2 aromatic carbocycles. The lowest BCUT2D eigenvalue weighted by Gasteiger charge is -2.14. The number of aryl methyl sites for hydroxylation is 1. The van der Waals surface area contributed by atoms with Gasteiger partial charge in [-0.15, -0.1) is 0 Å². The second-order valence-corrected chi connectivity index (χ2v) is 7.70. The van der Waals surface area contributed by atoms with E-state index in [1.165, 1.54) is 26.4 Å². The highest BCUT2D eigenvalue weighted by Crippen LogP contribution is 2.36. The molecule has 2 N–H and O–H groups in total. The van der Waals surface area contributed by atoms with Crippen LogP contribution in [0.4, 0.5) is 11.4 Å². The average molecular weight is 399 g/mol. The molecule has 140 valence electrons. The largest absolute Gasteiger partial charge is 0.495 e. The number of rotatable bonds is 6. The molecule has 0 atom stereocenters. The number of hydrogen-bond acceptors (Lipinski definition) is 5. The first-order valence-corrected chi connectivity index (χ1v) is 9.73. The topological polar surface area (TPSA) is 93.7 Å². The van der Waals surface area contributed by atoms with Crippen molar-refractivity contribution in [2.75, 3.05) is 30.5 Å². The Labute approximate surface area is 157 Å². The van der Waals surface area contributed by atoms with Gasteiger partial charge in [0, 0.05) is 17.7 Å². The van der Waals surface area contributed by atoms with Crippen molar-refractivity contribution in [2.45, 2.75) is 6.92 Å². The lowest BCUT2D eigenvalue weighted by molar-refractivity contribution is 0.102. The molecule has 1 amide bonds. The van der Waals surface area contributed by atoms with Gasteiger partial charge in [-0.1, -0.05) is 11.6 Å². The van der Waals surface area contributed by atoms with E-state index in [1.807, 2.05) is 0 Å². The van der Waals surface area contributed by atoms with E-state index in [0.29, 0.717) is 39.0 Å². The van der Waals surface area contributed by atoms with Gasteiger partial charge in [0.05, 0.1) is 36.9 Å². The maximum Gasteiger partial charge on any atom is 0.255 e. The molecular weight excluding hydrogens is 380 g/mol. The highest BCUT2D eigenvalue weighted by atomic mass is 35.5. The molecule has 0 radical (unpaired) electrons. The fourth-order valence-electron chi connectivity index (χ4n) is 2.27. The highest BCUT2D eigenvalue weighted by Gasteiger charge is 2.15. The molecule has 0 fully saturated rings. The molecule has 0 aliphatic rings. The van der Waals surface area contributed by atoms with Gasteiger partial charge in [-0.3, -0.25) is 9.52 Å². The van der Waals surface area contributed by atoms with Crippen LogP contribution >= 0.6 is 11.6 Å². The predicted octanol–water partition coefficient (Wildman–Crippen LogP) is 3.29. The summed E-state index contributed by atoms with van der Waals surface area (Å²) in [5.41, 5.74) is 1.78. The van der Waals surface area contributed by atoms with Crippen LogP contribution in [0.25, 0.3) is 0 Å². The molecule has 0 bridgehead atoms. The van der Waals surface area contributed by atoms with Gasteiger partial charge in [-0.25, -0.2) is 8.42 Å². The zero-order valence-electron chi connectivity index (χ0n) is 14.7. The van der Waals surface area contributed by atoms with Crippen LogP contribution in [0, 0.1) is 6.92 Å². The third-order valence-electron chi connectivity index (χ3n) is 3.51. The zero-order chi connectivity index (χ0) is 19.5. The maximum atomic E-state index is 12.5. The van der Waals surface area contributed by atoms with E-state index in [0.717, 1.165) is 6.26 Å². The van der Waals surface area contributed by atoms with Crippen molar-refractivity contribution in [3.8, 4) is 11.5 Å². The zero-order valence-corrected chi connectivity index (χ0v) is 16.3. The van der Waals surface area contributed by atoms with E-state index in [2.05, 4.69) is 10.0 Å². The summed E-state index contributed by atoms with van der Waals surface area (Å²) in [5, 5.41) is 3.09. The van der Waals surface area contributed by atoms with Crippen LogP contribution in [0.2, 0.25) is 5.02 Å². The van der Waals surface area contributed by atoms with Crippen molar-refractivity contribution in [1.82, 2.24) is 0 Å². The summed E-state index contributed by atoms with van der Waals surface area (Å²) >= 11 is 6.05. The monoisotopic (exact) mass is 398 g/mol. The van der Waals surface area contributed by atoms with E-state index < -0.39 is 10.0 Å². The Morgan fingerprint density at radius 2 is 1.69 bits per heavy atom. The molecular formula is C17H19ClN2O5S. The molecule has 0 saturated carbocycles. The fourth-order valence-corrected chi connectivity index (χ4v) is 3.13. The number of nitrogens with one attached hydrogen (secondary N) is 2. The normalized spacial score (nSPS) is 11.0. The number of carbonyl (C=O) groups is 1. The molecule has 26 heavy (non-hydrogen) atoms. The standard InChI is InChI=1S/C17H19ClN2O5S/c1-10-7-11(5-6-13(10)20-26(4,22)23)17(21)19-14-9-15(24-2)12(18)8-16(14)25-3/h5-9,20H,1-4H3,(H,19,21). The molecule has 0 aromatic heterocycles. The van der Waals surface area contributed by atoms with E-state index in [4.69, 9.17) is 21.1 Å². The summed E-state index contributed by atoms with van der Waals surface area (Å²) in [5.74, 6) is 0.393. The first-order chi connectivity index (χ1) is 12.1. The Kier molecular flexibility index (Phi) is 5.99. The van der Waals surface area contributed by atoms with Gasteiger partial charge in [-0.05, 0) is 30.7 Å². The number of benzene rings is 2. The maximum absolute atomic E-state index is 12.5. The minimum Gasteiger partial charge on any atom is -0.495 e. The predicted molar refractivity (Wildman–Crippen MR) is 102 cm³/mol. The van der Waals surface area contributed by atoms with E-state index in [-0.39, 0.29) is 5.91 Å². The van der Waals surface area contributed by atoms with Crippen molar-refractivity contribution >= 4 is 38.9 Å². The minimum absolute atomic E-state index is 0.356. The van der Waals surface area contributed by atoms with Crippen molar-refractivity contribution in [1.29, 1.82) is 0 Å². The second kappa shape index (κ2) is 7.84. The third-order valence-corrected chi connectivity index (χ3v) is 4.39. The Morgan fingerprint density at radius 3 is 2.23 bits per heavy atom. The lowest BCUT2D eigenvalue weighted by Crippen LogP contribution is -2.14. The fraction of sp³-hybridized carbons (Fsp3) is 0.235. The number of ether oxygens (including phenoxy) is 2. The van der Waals surface area contributed by atoms with Gasteiger partial charge in [0.25, 0.3) is 5.91 Å². The number of methoxy groups -OCH3 is 2. The number of anilines is 2. The summed E-state index contributed by atoms with van der Waals surface area (Å²) in [6, 6.07) is 7.74. The first kappa shape index (κ1) is 19.9. The first-order valence-electron chi connectivity index (χ1n) is 7.46. The lowest BCUT2D eigenvalue weighted by atomic mass is 10.1. The molecule has 0 heterocycles. The summed E-state index contributed by atoms with van der Waals surface area (Å²) in [6.45, 7) is 1.70. The van der Waals surface area contributed by atoms with Gasteiger partial charge in [0.2, 0.25) is 10.0 Å². The van der Waals surface area contributed by atoms with Crippen LogP contribution in [-0.2, 0) is 10.0 Å². The minimum atomic E-state index is -3.40. The van der Waals surface area contributed by atoms with Gasteiger partial charge in [0.15, 0.2) is 0 Å². The van der Waals surface area contributed by atoms with Crippen LogP contribution in [0.1, 0.15) is 15.9 Å². The molecule has 0 saturated heterocycles. The number of carbonyl (C=O) groups excluding carboxylic acids is 1. The number of sulfonamides is 1. The smallest absolute Gasteiger partial charge is 0.255 e. The van der Waals surface area contributed by atoms with Crippen LogP contribution in [0.3, 0.4) is 0 Å². The second-order valence-electron chi connectivity index (χ2n) is 5.55. The van der Waals surface area contributed by atoms with Crippen molar-refractivity contribution in [3.63, 3.8) is 0 Å². The van der Waals surface area contributed by atoms with Crippen LogP contribution in [0.15, 0.2) is 30.3 Å². The van der Waals surface area contributed by atoms with Gasteiger partial charge in [0.1, 0.15) is 11.5 Å². The van der Waals surface area contributed by atoms with Gasteiger partial charge in [-0.2, -0.15) is 0 Å². The number of hydrogen-bond donors (Lipinski definition) is 2. The molecule has 0 spiro atoms. The Hall–Kier alpha value is -2.45. The molecule has 2 aromatic rings. The molecule has 9 heteroatoms. The van der Waals surface area contributed by atoms with Crippen LogP contribution < -0.4 is 19.5 Å². The van der Waals surface area contributed by atoms with Gasteiger partial charge >= 0.3 is 0 Å². The van der Waals surface area contributed by atoms with E-state index in [1.54, 1.807) is 25.1 Å². The van der Waals surface area contributed by atoms with E-state index >= 15 is 0 Å². The average Bonchev–Trinajstić information content (AvgIpc) is 2.56. The molecule has 7 nitrogen and oxygen atoms in total. The highest BCUT2D eigenvalue weighted by molar-refractivity contribution is 7.92. The number of amides is 1. The summed E-state index contributed by atoms with van der Waals surface area (Å²) in [7, 11) is -0.465. The molecule has 0 aliphatic carbocycles. The van der Waals surface area contributed by atoms with Crippen molar-refractivity contribution in [3.05, 3.63) is 46.5 Å². The van der Waals surface area contributed by atoms with Crippen molar-refractivity contribution in [2.24, 2.45) is 0 Å². The number of halogens is 1. The Bertz CT molecular complexity index is 944.